The molecule has 1 atom stereocenters. The molecule has 1 aromatic heterocycles. The molecule has 0 aliphatic heterocycles. The molecule has 19 heavy (non-hydrogen) atoms. The first-order chi connectivity index (χ1) is 9.11. The van der Waals surface area contributed by atoms with Crippen LogP contribution in [0.25, 0.3) is 0 Å². The molecule has 0 bridgehead atoms. The summed E-state index contributed by atoms with van der Waals surface area (Å²) in [5.74, 6) is 0. The van der Waals surface area contributed by atoms with Crippen molar-refractivity contribution in [2.45, 2.75) is 53.0 Å². The molecule has 1 unspecified atom stereocenters. The zero-order valence-corrected chi connectivity index (χ0v) is 12.5. The number of hydrogen-bond acceptors (Lipinski definition) is 4. The Morgan fingerprint density at radius 3 is 2.63 bits per heavy atom. The maximum atomic E-state index is 5.67. The third-order valence-corrected chi connectivity index (χ3v) is 2.67. The van der Waals surface area contributed by atoms with E-state index in [1.54, 1.807) is 0 Å². The minimum absolute atomic E-state index is 0.101. The van der Waals surface area contributed by atoms with Crippen molar-refractivity contribution in [2.24, 2.45) is 0 Å². The van der Waals surface area contributed by atoms with Gasteiger partial charge in [-0.2, -0.15) is 0 Å². The summed E-state index contributed by atoms with van der Waals surface area (Å²) in [6.45, 7) is 11.0. The minimum atomic E-state index is 0.101. The van der Waals surface area contributed by atoms with Crippen LogP contribution in [0.4, 0.5) is 0 Å². The van der Waals surface area contributed by atoms with E-state index in [1.165, 1.54) is 5.56 Å². The summed E-state index contributed by atoms with van der Waals surface area (Å²) in [6.07, 6.45) is 2.01. The molecule has 108 valence electrons. The zero-order valence-electron chi connectivity index (χ0n) is 12.5. The van der Waals surface area contributed by atoms with Crippen LogP contribution < -0.4 is 5.32 Å². The van der Waals surface area contributed by atoms with Crippen molar-refractivity contribution in [3.8, 4) is 0 Å². The van der Waals surface area contributed by atoms with Crippen LogP contribution in [-0.4, -0.2) is 30.3 Å². The Balaban J connectivity index is 2.31. The first kappa shape index (κ1) is 16.1. The van der Waals surface area contributed by atoms with E-state index >= 15 is 0 Å². The standard InChI is InChI=1S/C15H26N2O2/c1-5-18-10-13(4)19-11-15-7-6-14(9-17-15)8-16-12(2)3/h6-7,9,12-13,16H,5,8,10-11H2,1-4H3. The van der Waals surface area contributed by atoms with E-state index in [1.807, 2.05) is 26.1 Å². The summed E-state index contributed by atoms with van der Waals surface area (Å²) in [4.78, 5) is 4.40. The lowest BCUT2D eigenvalue weighted by atomic mass is 10.2. The third-order valence-electron chi connectivity index (χ3n) is 2.67. The topological polar surface area (TPSA) is 43.4 Å². The van der Waals surface area contributed by atoms with E-state index in [0.717, 1.165) is 18.8 Å². The molecule has 0 saturated carbocycles. The highest BCUT2D eigenvalue weighted by Gasteiger charge is 2.03. The Morgan fingerprint density at radius 2 is 2.05 bits per heavy atom. The molecule has 0 aliphatic carbocycles. The van der Waals surface area contributed by atoms with E-state index < -0.39 is 0 Å². The summed E-state index contributed by atoms with van der Waals surface area (Å²) >= 11 is 0. The smallest absolute Gasteiger partial charge is 0.0892 e. The Kier molecular flexibility index (Phi) is 7.63. The van der Waals surface area contributed by atoms with Gasteiger partial charge in [-0.25, -0.2) is 0 Å². The van der Waals surface area contributed by atoms with E-state index in [2.05, 4.69) is 30.2 Å². The van der Waals surface area contributed by atoms with Gasteiger partial charge in [0.1, 0.15) is 0 Å². The first-order valence-electron chi connectivity index (χ1n) is 6.98. The molecule has 0 amide bonds. The number of ether oxygens (including phenoxy) is 2. The van der Waals surface area contributed by atoms with Gasteiger partial charge in [0.2, 0.25) is 0 Å². The summed E-state index contributed by atoms with van der Waals surface area (Å²) in [5, 5.41) is 3.37. The quantitative estimate of drug-likeness (QED) is 0.746. The Bertz CT molecular complexity index is 339. The number of nitrogens with zero attached hydrogens (tertiary/aromatic N) is 1. The summed E-state index contributed by atoms with van der Waals surface area (Å²) < 4.78 is 11.0. The fraction of sp³-hybridized carbons (Fsp3) is 0.667. The molecule has 1 rings (SSSR count). The molecule has 0 spiro atoms. The average Bonchev–Trinajstić information content (AvgIpc) is 2.41. The van der Waals surface area contributed by atoms with Crippen LogP contribution >= 0.6 is 0 Å². The molecule has 0 aliphatic rings. The third kappa shape index (κ3) is 7.25. The fourth-order valence-electron chi connectivity index (χ4n) is 1.53. The second-order valence-corrected chi connectivity index (χ2v) is 4.97. The number of rotatable bonds is 9. The highest BCUT2D eigenvalue weighted by atomic mass is 16.5. The number of pyridine rings is 1. The highest BCUT2D eigenvalue weighted by molar-refractivity contribution is 5.13. The second kappa shape index (κ2) is 9.02. The van der Waals surface area contributed by atoms with Crippen LogP contribution in [-0.2, 0) is 22.6 Å². The van der Waals surface area contributed by atoms with Crippen molar-refractivity contribution < 1.29 is 9.47 Å². The van der Waals surface area contributed by atoms with Crippen LogP contribution in [0.3, 0.4) is 0 Å². The molecule has 0 saturated heterocycles. The SMILES string of the molecule is CCOCC(C)OCc1ccc(CNC(C)C)cn1. The molecule has 1 N–H and O–H groups in total. The lowest BCUT2D eigenvalue weighted by molar-refractivity contribution is -0.0127. The second-order valence-electron chi connectivity index (χ2n) is 4.97. The maximum Gasteiger partial charge on any atom is 0.0892 e. The van der Waals surface area contributed by atoms with Gasteiger partial charge in [-0.3, -0.25) is 4.98 Å². The largest absolute Gasteiger partial charge is 0.379 e. The Labute approximate surface area is 116 Å². The lowest BCUT2D eigenvalue weighted by Crippen LogP contribution is -2.21. The van der Waals surface area contributed by atoms with E-state index in [9.17, 15) is 0 Å². The predicted octanol–water partition coefficient (Wildman–Crippen LogP) is 2.52. The molecule has 0 aromatic carbocycles. The molecular formula is C15H26N2O2. The lowest BCUT2D eigenvalue weighted by Gasteiger charge is -2.13. The maximum absolute atomic E-state index is 5.67. The van der Waals surface area contributed by atoms with E-state index in [-0.39, 0.29) is 6.10 Å². The number of nitrogens with one attached hydrogen (secondary N) is 1. The highest BCUT2D eigenvalue weighted by Crippen LogP contribution is 2.04. The average molecular weight is 266 g/mol. The van der Waals surface area contributed by atoms with E-state index in [0.29, 0.717) is 19.3 Å². The van der Waals surface area contributed by atoms with Crippen molar-refractivity contribution >= 4 is 0 Å². The van der Waals surface area contributed by atoms with Crippen LogP contribution in [0, 0.1) is 0 Å². The van der Waals surface area contributed by atoms with Gasteiger partial charge in [-0.05, 0) is 25.5 Å². The predicted molar refractivity (Wildman–Crippen MR) is 77.0 cm³/mol. The summed E-state index contributed by atoms with van der Waals surface area (Å²) in [5.41, 5.74) is 2.15. The van der Waals surface area contributed by atoms with Crippen LogP contribution in [0.5, 0.6) is 0 Å². The summed E-state index contributed by atoms with van der Waals surface area (Å²) in [7, 11) is 0. The zero-order chi connectivity index (χ0) is 14.1. The van der Waals surface area contributed by atoms with Crippen molar-refractivity contribution in [1.29, 1.82) is 0 Å². The van der Waals surface area contributed by atoms with Crippen LogP contribution in [0.1, 0.15) is 39.0 Å². The van der Waals surface area contributed by atoms with Gasteiger partial charge in [-0.15, -0.1) is 0 Å². The normalized spacial score (nSPS) is 12.9. The van der Waals surface area contributed by atoms with Crippen molar-refractivity contribution in [1.82, 2.24) is 10.3 Å². The molecule has 0 fully saturated rings. The van der Waals surface area contributed by atoms with Gasteiger partial charge < -0.3 is 14.8 Å². The first-order valence-corrected chi connectivity index (χ1v) is 6.98. The van der Waals surface area contributed by atoms with Crippen molar-refractivity contribution in [3.05, 3.63) is 29.6 Å². The molecule has 4 nitrogen and oxygen atoms in total. The van der Waals surface area contributed by atoms with Gasteiger partial charge in [-0.1, -0.05) is 19.9 Å². The Morgan fingerprint density at radius 1 is 1.26 bits per heavy atom. The van der Waals surface area contributed by atoms with Crippen LogP contribution in [0.15, 0.2) is 18.3 Å². The molecule has 4 heteroatoms. The molecular weight excluding hydrogens is 240 g/mol. The number of aromatic nitrogens is 1. The number of hydrogen-bond donors (Lipinski definition) is 1. The molecule has 1 aromatic rings. The van der Waals surface area contributed by atoms with Gasteiger partial charge in [0.25, 0.3) is 0 Å². The van der Waals surface area contributed by atoms with Gasteiger partial charge in [0.15, 0.2) is 0 Å². The van der Waals surface area contributed by atoms with Crippen molar-refractivity contribution in [3.63, 3.8) is 0 Å². The van der Waals surface area contributed by atoms with Gasteiger partial charge in [0.05, 0.1) is 25.0 Å². The van der Waals surface area contributed by atoms with Crippen LogP contribution in [0.2, 0.25) is 0 Å². The van der Waals surface area contributed by atoms with Crippen molar-refractivity contribution in [2.75, 3.05) is 13.2 Å². The summed E-state index contributed by atoms with van der Waals surface area (Å²) in [6, 6.07) is 4.60. The molecule has 0 radical (unpaired) electrons. The van der Waals surface area contributed by atoms with Gasteiger partial charge in [0, 0.05) is 25.4 Å². The minimum Gasteiger partial charge on any atom is -0.379 e. The molecule has 1 heterocycles. The van der Waals surface area contributed by atoms with E-state index in [4.69, 9.17) is 9.47 Å². The van der Waals surface area contributed by atoms with Gasteiger partial charge >= 0.3 is 0 Å². The monoisotopic (exact) mass is 266 g/mol. The fourth-order valence-corrected chi connectivity index (χ4v) is 1.53. The Hall–Kier alpha value is -0.970.